The van der Waals surface area contributed by atoms with Gasteiger partial charge in [0.15, 0.2) is 0 Å². The van der Waals surface area contributed by atoms with Gasteiger partial charge in [0.25, 0.3) is 0 Å². The average molecular weight is 409 g/mol. The minimum atomic E-state index is -3.17. The highest BCUT2D eigenvalue weighted by Crippen LogP contribution is 2.27. The Morgan fingerprint density at radius 2 is 1.75 bits per heavy atom. The topological polar surface area (TPSA) is 67.4 Å². The lowest BCUT2D eigenvalue weighted by molar-refractivity contribution is 0.155. The number of hydrogen-bond acceptors (Lipinski definition) is 4. The van der Waals surface area contributed by atoms with Crippen molar-refractivity contribution in [1.29, 1.82) is 0 Å². The van der Waals surface area contributed by atoms with Crippen molar-refractivity contribution in [2.45, 2.75) is 89.0 Å². The second-order valence-electron chi connectivity index (χ2n) is 8.72. The van der Waals surface area contributed by atoms with Gasteiger partial charge in [-0.15, -0.1) is 0 Å². The first-order valence-corrected chi connectivity index (χ1v) is 12.5. The molecule has 0 bridgehead atoms. The number of sulfonamides is 1. The molecule has 3 rings (SSSR count). The lowest BCUT2D eigenvalue weighted by Gasteiger charge is -2.30. The van der Waals surface area contributed by atoms with Crippen molar-refractivity contribution < 1.29 is 13.2 Å². The molecule has 2 saturated carbocycles. The van der Waals surface area contributed by atoms with Gasteiger partial charge in [-0.05, 0) is 83.3 Å². The van der Waals surface area contributed by atoms with E-state index in [2.05, 4.69) is 28.2 Å². The van der Waals surface area contributed by atoms with E-state index >= 15 is 0 Å². The van der Waals surface area contributed by atoms with Gasteiger partial charge in [0.1, 0.15) is 5.75 Å². The maximum atomic E-state index is 12.0. The molecule has 1 aromatic rings. The van der Waals surface area contributed by atoms with Crippen LogP contribution < -0.4 is 14.8 Å². The van der Waals surface area contributed by atoms with E-state index in [1.807, 2.05) is 6.07 Å². The molecule has 2 fully saturated rings. The van der Waals surface area contributed by atoms with Crippen LogP contribution in [0.1, 0.15) is 71.6 Å². The molecule has 0 heterocycles. The normalized spacial score (nSPS) is 24.2. The molecule has 0 atom stereocenters. The molecule has 28 heavy (non-hydrogen) atoms. The summed E-state index contributed by atoms with van der Waals surface area (Å²) in [7, 11) is -3.17. The summed E-state index contributed by atoms with van der Waals surface area (Å²) in [5.74, 6) is 1.55. The molecule has 0 unspecified atom stereocenters. The molecule has 0 aromatic heterocycles. The van der Waals surface area contributed by atoms with Crippen LogP contribution in [0, 0.1) is 5.92 Å². The zero-order valence-corrected chi connectivity index (χ0v) is 18.1. The Labute approximate surface area is 170 Å². The Kier molecular flexibility index (Phi) is 7.63. The predicted octanol–water partition coefficient (Wildman–Crippen LogP) is 4.70. The second kappa shape index (κ2) is 9.97. The van der Waals surface area contributed by atoms with Gasteiger partial charge in [0.2, 0.25) is 10.0 Å². The lowest BCUT2D eigenvalue weighted by atomic mass is 9.86. The quantitative estimate of drug-likeness (QED) is 0.654. The molecular formula is C22H36N2O3S. The van der Waals surface area contributed by atoms with Crippen LogP contribution >= 0.6 is 0 Å². The molecule has 0 aliphatic heterocycles. The number of anilines is 1. The number of ether oxygens (including phenoxy) is 1. The molecule has 5 nitrogen and oxygen atoms in total. The average Bonchev–Trinajstić information content (AvgIpc) is 2.68. The molecule has 0 spiro atoms. The van der Waals surface area contributed by atoms with E-state index in [1.165, 1.54) is 32.1 Å². The Balaban J connectivity index is 1.42. The first kappa shape index (κ1) is 21.4. The van der Waals surface area contributed by atoms with Gasteiger partial charge in [-0.25, -0.2) is 13.1 Å². The van der Waals surface area contributed by atoms with E-state index in [4.69, 9.17) is 4.74 Å². The second-order valence-corrected chi connectivity index (χ2v) is 11.0. The number of benzene rings is 1. The van der Waals surface area contributed by atoms with Gasteiger partial charge in [-0.1, -0.05) is 12.5 Å². The minimum Gasteiger partial charge on any atom is -0.490 e. The first-order chi connectivity index (χ1) is 13.4. The number of hydrogen-bond donors (Lipinski definition) is 2. The summed E-state index contributed by atoms with van der Waals surface area (Å²) in [6, 6.07) is 8.40. The van der Waals surface area contributed by atoms with Crippen molar-refractivity contribution in [2.75, 3.05) is 11.9 Å². The van der Waals surface area contributed by atoms with Crippen LogP contribution in [-0.2, 0) is 10.0 Å². The zero-order valence-electron chi connectivity index (χ0n) is 17.3. The van der Waals surface area contributed by atoms with Crippen molar-refractivity contribution in [3.05, 3.63) is 24.3 Å². The fourth-order valence-corrected chi connectivity index (χ4v) is 5.14. The van der Waals surface area contributed by atoms with E-state index in [9.17, 15) is 8.42 Å². The summed E-state index contributed by atoms with van der Waals surface area (Å²) in [6.07, 6.45) is 10.5. The molecular weight excluding hydrogens is 372 g/mol. The largest absolute Gasteiger partial charge is 0.490 e. The van der Waals surface area contributed by atoms with Crippen LogP contribution in [0.25, 0.3) is 0 Å². The Morgan fingerprint density at radius 3 is 2.43 bits per heavy atom. The van der Waals surface area contributed by atoms with Crippen LogP contribution in [0.2, 0.25) is 0 Å². The van der Waals surface area contributed by atoms with E-state index in [0.717, 1.165) is 43.7 Å². The van der Waals surface area contributed by atoms with Gasteiger partial charge in [0.05, 0.1) is 11.4 Å². The molecule has 158 valence electrons. The summed E-state index contributed by atoms with van der Waals surface area (Å²) in [4.78, 5) is 0. The molecule has 6 heteroatoms. The summed E-state index contributed by atoms with van der Waals surface area (Å²) in [6.45, 7) is 4.38. The fourth-order valence-electron chi connectivity index (χ4n) is 4.17. The Morgan fingerprint density at radius 1 is 1.04 bits per heavy atom. The first-order valence-electron chi connectivity index (χ1n) is 10.9. The van der Waals surface area contributed by atoms with Crippen molar-refractivity contribution in [3.8, 4) is 5.75 Å². The van der Waals surface area contributed by atoms with Crippen LogP contribution in [0.4, 0.5) is 5.69 Å². The monoisotopic (exact) mass is 408 g/mol. The third-order valence-corrected chi connectivity index (χ3v) is 7.99. The Bertz CT molecular complexity index is 706. The smallest absolute Gasteiger partial charge is 0.214 e. The van der Waals surface area contributed by atoms with Gasteiger partial charge in [-0.3, -0.25) is 0 Å². The standard InChI is InChI=1S/C22H36N2O3S/c1-17(2)28(25,26)24-19-13-11-18(12-14-19)16-23-20-7-6-10-22(15-20)27-21-8-4-3-5-9-21/h6-7,10,15,17-19,21,23-24H,3-5,8-9,11-14,16H2,1-2H3/t18-,19-. The molecule has 2 aliphatic rings. The summed E-state index contributed by atoms with van der Waals surface area (Å²) in [5, 5.41) is 3.19. The highest BCUT2D eigenvalue weighted by atomic mass is 32.2. The molecule has 2 aliphatic carbocycles. The van der Waals surface area contributed by atoms with Gasteiger partial charge < -0.3 is 10.1 Å². The summed E-state index contributed by atoms with van der Waals surface area (Å²) < 4.78 is 33.1. The molecule has 1 aromatic carbocycles. The molecule has 2 N–H and O–H groups in total. The Hall–Kier alpha value is -1.27. The maximum Gasteiger partial charge on any atom is 0.214 e. The van der Waals surface area contributed by atoms with Crippen molar-refractivity contribution in [3.63, 3.8) is 0 Å². The summed E-state index contributed by atoms with van der Waals surface area (Å²) in [5.41, 5.74) is 1.11. The third-order valence-electron chi connectivity index (χ3n) is 6.08. The lowest BCUT2D eigenvalue weighted by Crippen LogP contribution is -2.41. The van der Waals surface area contributed by atoms with Crippen molar-refractivity contribution in [1.82, 2.24) is 4.72 Å². The maximum absolute atomic E-state index is 12.0. The van der Waals surface area contributed by atoms with Crippen LogP contribution in [0.3, 0.4) is 0 Å². The zero-order chi connectivity index (χ0) is 20.0. The fraction of sp³-hybridized carbons (Fsp3) is 0.727. The molecule has 0 saturated heterocycles. The van der Waals surface area contributed by atoms with E-state index in [-0.39, 0.29) is 11.3 Å². The van der Waals surface area contributed by atoms with Crippen LogP contribution in [0.15, 0.2) is 24.3 Å². The highest BCUT2D eigenvalue weighted by Gasteiger charge is 2.26. The van der Waals surface area contributed by atoms with Crippen molar-refractivity contribution in [2.24, 2.45) is 5.92 Å². The molecule has 0 amide bonds. The SMILES string of the molecule is CC(C)S(=O)(=O)N[C@H]1CC[C@H](CNc2cccc(OC3CCCCC3)c2)CC1. The van der Waals surface area contributed by atoms with Crippen LogP contribution in [-0.4, -0.2) is 32.4 Å². The molecule has 0 radical (unpaired) electrons. The van der Waals surface area contributed by atoms with E-state index in [0.29, 0.717) is 12.0 Å². The van der Waals surface area contributed by atoms with Gasteiger partial charge >= 0.3 is 0 Å². The van der Waals surface area contributed by atoms with E-state index in [1.54, 1.807) is 13.8 Å². The third kappa shape index (κ3) is 6.38. The van der Waals surface area contributed by atoms with Gasteiger partial charge in [-0.2, -0.15) is 0 Å². The van der Waals surface area contributed by atoms with Crippen molar-refractivity contribution >= 4 is 15.7 Å². The van der Waals surface area contributed by atoms with Gasteiger partial charge in [0, 0.05) is 24.3 Å². The predicted molar refractivity (Wildman–Crippen MR) is 115 cm³/mol. The minimum absolute atomic E-state index is 0.0934. The van der Waals surface area contributed by atoms with Crippen LogP contribution in [0.5, 0.6) is 5.75 Å². The summed E-state index contributed by atoms with van der Waals surface area (Å²) >= 11 is 0. The highest BCUT2D eigenvalue weighted by molar-refractivity contribution is 7.90. The van der Waals surface area contributed by atoms with E-state index < -0.39 is 10.0 Å². The number of nitrogens with one attached hydrogen (secondary N) is 2. The number of rotatable bonds is 8.